The molecule has 5 heteroatoms. The Bertz CT molecular complexity index is 862. The third-order valence-electron chi connectivity index (χ3n) is 4.75. The predicted molar refractivity (Wildman–Crippen MR) is 108 cm³/mol. The van der Waals surface area contributed by atoms with E-state index in [-0.39, 0.29) is 5.75 Å². The van der Waals surface area contributed by atoms with Gasteiger partial charge in [-0.1, -0.05) is 12.1 Å². The van der Waals surface area contributed by atoms with Gasteiger partial charge in [-0.2, -0.15) is 0 Å². The summed E-state index contributed by atoms with van der Waals surface area (Å²) >= 11 is 0. The first-order valence-corrected chi connectivity index (χ1v) is 9.18. The molecule has 5 nitrogen and oxygen atoms in total. The van der Waals surface area contributed by atoms with E-state index < -0.39 is 0 Å². The van der Waals surface area contributed by atoms with Gasteiger partial charge in [0, 0.05) is 37.2 Å². The number of hydrogen-bond acceptors (Lipinski definition) is 5. The molecule has 0 spiro atoms. The molecule has 3 aromatic rings. The largest absolute Gasteiger partial charge is 0.508 e. The number of hydrogen-bond donors (Lipinski definition) is 1. The van der Waals surface area contributed by atoms with Gasteiger partial charge in [-0.05, 0) is 54.1 Å². The first kappa shape index (κ1) is 17.4. The first-order valence-electron chi connectivity index (χ1n) is 9.18. The molecule has 0 saturated carbocycles. The number of pyridine rings is 1. The Hall–Kier alpha value is -3.05. The molecule has 2 heterocycles. The molecule has 0 bridgehead atoms. The summed E-state index contributed by atoms with van der Waals surface area (Å²) in [6.07, 6.45) is 3.64. The second-order valence-electron chi connectivity index (χ2n) is 6.58. The van der Waals surface area contributed by atoms with Crippen LogP contribution in [0.25, 0.3) is 0 Å². The number of morpholine rings is 1. The standard InChI is InChI=1S/C22H23N3O2/c26-22-5-1-3-18(15-22)17-25(21-4-2-10-23-16-21)20-8-6-19(7-9-20)24-11-13-27-14-12-24/h1-10,15-16,26H,11-14,17H2. The topological polar surface area (TPSA) is 48.8 Å². The van der Waals surface area contributed by atoms with Crippen LogP contribution >= 0.6 is 0 Å². The molecule has 1 aliphatic heterocycles. The summed E-state index contributed by atoms with van der Waals surface area (Å²) in [6.45, 7) is 4.06. The van der Waals surface area contributed by atoms with E-state index in [2.05, 4.69) is 39.0 Å². The van der Waals surface area contributed by atoms with E-state index in [9.17, 15) is 5.11 Å². The molecule has 0 unspecified atom stereocenters. The van der Waals surface area contributed by atoms with Crippen molar-refractivity contribution in [2.75, 3.05) is 36.1 Å². The van der Waals surface area contributed by atoms with Gasteiger partial charge >= 0.3 is 0 Å². The van der Waals surface area contributed by atoms with Crippen LogP contribution in [0.2, 0.25) is 0 Å². The SMILES string of the molecule is Oc1cccc(CN(c2ccc(N3CCOCC3)cc2)c2cccnc2)c1. The van der Waals surface area contributed by atoms with Crippen LogP contribution < -0.4 is 9.80 Å². The fourth-order valence-corrected chi connectivity index (χ4v) is 3.35. The fraction of sp³-hybridized carbons (Fsp3) is 0.227. The highest BCUT2D eigenvalue weighted by Crippen LogP contribution is 2.29. The highest BCUT2D eigenvalue weighted by atomic mass is 16.5. The number of phenols is 1. The lowest BCUT2D eigenvalue weighted by atomic mass is 10.1. The Kier molecular flexibility index (Phi) is 5.21. The lowest BCUT2D eigenvalue weighted by Crippen LogP contribution is -2.36. The van der Waals surface area contributed by atoms with E-state index in [4.69, 9.17) is 4.74 Å². The van der Waals surface area contributed by atoms with Crippen LogP contribution in [0.4, 0.5) is 17.1 Å². The summed E-state index contributed by atoms with van der Waals surface area (Å²) in [5.41, 5.74) is 4.35. The number of aromatic hydroxyl groups is 1. The van der Waals surface area contributed by atoms with Gasteiger partial charge in [0.05, 0.1) is 25.1 Å². The molecule has 2 aromatic carbocycles. The summed E-state index contributed by atoms with van der Waals surface area (Å²) in [6, 6.07) is 20.0. The minimum absolute atomic E-state index is 0.279. The van der Waals surface area contributed by atoms with E-state index in [1.54, 1.807) is 18.3 Å². The number of aromatic nitrogens is 1. The van der Waals surface area contributed by atoms with Crippen LogP contribution in [0.15, 0.2) is 73.1 Å². The maximum Gasteiger partial charge on any atom is 0.115 e. The summed E-state index contributed by atoms with van der Waals surface area (Å²) in [5, 5.41) is 9.80. The maximum atomic E-state index is 9.80. The summed E-state index contributed by atoms with van der Waals surface area (Å²) in [7, 11) is 0. The van der Waals surface area contributed by atoms with Crippen LogP contribution in [0.1, 0.15) is 5.56 Å². The molecule has 0 aliphatic carbocycles. The minimum Gasteiger partial charge on any atom is -0.508 e. The number of nitrogens with zero attached hydrogens (tertiary/aromatic N) is 3. The summed E-state index contributed by atoms with van der Waals surface area (Å²) < 4.78 is 5.44. The van der Waals surface area contributed by atoms with Crippen molar-refractivity contribution < 1.29 is 9.84 Å². The average Bonchev–Trinajstić information content (AvgIpc) is 2.74. The molecule has 1 saturated heterocycles. The lowest BCUT2D eigenvalue weighted by Gasteiger charge is -2.30. The quantitative estimate of drug-likeness (QED) is 0.745. The number of rotatable bonds is 5. The Morgan fingerprint density at radius 2 is 1.78 bits per heavy atom. The molecule has 4 rings (SSSR count). The highest BCUT2D eigenvalue weighted by molar-refractivity contribution is 5.65. The Morgan fingerprint density at radius 3 is 2.48 bits per heavy atom. The predicted octanol–water partition coefficient (Wildman–Crippen LogP) is 3.96. The van der Waals surface area contributed by atoms with Crippen LogP contribution in [0, 0.1) is 0 Å². The van der Waals surface area contributed by atoms with Gasteiger partial charge in [0.25, 0.3) is 0 Å². The Morgan fingerprint density at radius 1 is 0.963 bits per heavy atom. The van der Waals surface area contributed by atoms with Gasteiger partial charge in [-0.15, -0.1) is 0 Å². The van der Waals surface area contributed by atoms with E-state index in [1.807, 2.05) is 30.5 Å². The molecule has 27 heavy (non-hydrogen) atoms. The van der Waals surface area contributed by atoms with Crippen molar-refractivity contribution in [2.24, 2.45) is 0 Å². The molecule has 1 aliphatic rings. The smallest absolute Gasteiger partial charge is 0.115 e. The van der Waals surface area contributed by atoms with Crippen molar-refractivity contribution in [2.45, 2.75) is 6.54 Å². The highest BCUT2D eigenvalue weighted by Gasteiger charge is 2.14. The normalized spacial score (nSPS) is 14.1. The first-order chi connectivity index (χ1) is 13.3. The van der Waals surface area contributed by atoms with Gasteiger partial charge in [0.1, 0.15) is 5.75 Å². The van der Waals surface area contributed by atoms with E-state index in [0.29, 0.717) is 6.54 Å². The number of anilines is 3. The van der Waals surface area contributed by atoms with Gasteiger partial charge < -0.3 is 19.6 Å². The van der Waals surface area contributed by atoms with E-state index >= 15 is 0 Å². The van der Waals surface area contributed by atoms with Gasteiger partial charge in [0.2, 0.25) is 0 Å². The van der Waals surface area contributed by atoms with Crippen LogP contribution in [0.3, 0.4) is 0 Å². The van der Waals surface area contributed by atoms with Gasteiger partial charge in [-0.3, -0.25) is 4.98 Å². The molecule has 1 aromatic heterocycles. The zero-order valence-corrected chi connectivity index (χ0v) is 15.2. The zero-order valence-electron chi connectivity index (χ0n) is 15.2. The number of ether oxygens (including phenoxy) is 1. The average molecular weight is 361 g/mol. The monoisotopic (exact) mass is 361 g/mol. The third kappa shape index (κ3) is 4.20. The van der Waals surface area contributed by atoms with Crippen molar-refractivity contribution in [3.63, 3.8) is 0 Å². The van der Waals surface area contributed by atoms with Crippen molar-refractivity contribution in [1.29, 1.82) is 0 Å². The molecule has 0 radical (unpaired) electrons. The second kappa shape index (κ2) is 8.10. The van der Waals surface area contributed by atoms with Crippen LogP contribution in [-0.2, 0) is 11.3 Å². The fourth-order valence-electron chi connectivity index (χ4n) is 3.35. The second-order valence-corrected chi connectivity index (χ2v) is 6.58. The van der Waals surface area contributed by atoms with Crippen molar-refractivity contribution in [3.8, 4) is 5.75 Å². The minimum atomic E-state index is 0.279. The maximum absolute atomic E-state index is 9.80. The number of benzene rings is 2. The Labute approximate surface area is 159 Å². The molecule has 138 valence electrons. The van der Waals surface area contributed by atoms with Crippen LogP contribution in [-0.4, -0.2) is 36.4 Å². The van der Waals surface area contributed by atoms with Crippen molar-refractivity contribution >= 4 is 17.1 Å². The zero-order chi connectivity index (χ0) is 18.5. The van der Waals surface area contributed by atoms with Crippen molar-refractivity contribution in [1.82, 2.24) is 4.98 Å². The Balaban J connectivity index is 1.62. The van der Waals surface area contributed by atoms with E-state index in [1.165, 1.54) is 5.69 Å². The molecular formula is C22H23N3O2. The molecule has 1 N–H and O–H groups in total. The van der Waals surface area contributed by atoms with Gasteiger partial charge in [0.15, 0.2) is 0 Å². The lowest BCUT2D eigenvalue weighted by molar-refractivity contribution is 0.122. The molecule has 0 amide bonds. The third-order valence-corrected chi connectivity index (χ3v) is 4.75. The van der Waals surface area contributed by atoms with Crippen LogP contribution in [0.5, 0.6) is 5.75 Å². The molecule has 0 atom stereocenters. The number of phenolic OH excluding ortho intramolecular Hbond substituents is 1. The van der Waals surface area contributed by atoms with Gasteiger partial charge in [-0.25, -0.2) is 0 Å². The molecule has 1 fully saturated rings. The molecular weight excluding hydrogens is 338 g/mol. The van der Waals surface area contributed by atoms with E-state index in [0.717, 1.165) is 43.2 Å². The summed E-state index contributed by atoms with van der Waals surface area (Å²) in [5.74, 6) is 0.279. The summed E-state index contributed by atoms with van der Waals surface area (Å²) in [4.78, 5) is 8.81. The van der Waals surface area contributed by atoms with Crippen molar-refractivity contribution in [3.05, 3.63) is 78.6 Å².